The molecule has 48 heavy (non-hydrogen) atoms. The van der Waals surface area contributed by atoms with Crippen molar-refractivity contribution in [2.75, 3.05) is 0 Å². The van der Waals surface area contributed by atoms with Crippen LogP contribution in [-0.4, -0.2) is 19.5 Å². The molecule has 1 aliphatic carbocycles. The Morgan fingerprint density at radius 2 is 1.02 bits per heavy atom. The van der Waals surface area contributed by atoms with Crippen molar-refractivity contribution >= 4 is 45.3 Å². The lowest BCUT2D eigenvalue weighted by molar-refractivity contribution is 0.661. The van der Waals surface area contributed by atoms with E-state index < -0.39 is 0 Å². The Kier molecular flexibility index (Phi) is 6.05. The first-order valence-corrected chi connectivity index (χ1v) is 17.7. The van der Waals surface area contributed by atoms with E-state index in [1.54, 1.807) is 0 Å². The molecule has 0 unspecified atom stereocenters. The largest absolute Gasteiger partial charge is 0.278 e. The molecule has 0 atom stereocenters. The predicted octanol–water partition coefficient (Wildman–Crippen LogP) is 11.2. The summed E-state index contributed by atoms with van der Waals surface area (Å²) < 4.78 is 2.27. The van der Waals surface area contributed by atoms with Gasteiger partial charge in [-0.05, 0) is 58.7 Å². The Bertz CT molecular complexity index is 2530. The van der Waals surface area contributed by atoms with Crippen LogP contribution in [0.4, 0.5) is 0 Å². The number of hydrogen-bond donors (Lipinski definition) is 0. The van der Waals surface area contributed by atoms with E-state index in [1.165, 1.54) is 52.6 Å². The summed E-state index contributed by atoms with van der Waals surface area (Å²) in [5.41, 5.74) is 9.27. The molecule has 8 aromatic rings. The summed E-state index contributed by atoms with van der Waals surface area (Å²) in [5, 5.41) is 2.40. The highest BCUT2D eigenvalue weighted by molar-refractivity contribution is 8.05. The average molecular weight is 653 g/mol. The standard InChI is InChI=1S/C42H28N4S2/c1-42(2)31-18-10-9-17-27(31)28-21-29-30-22-37-38(48-36-20-12-11-19-35(36)47-37)24-34(30)46(33(29)23-32(28)42)41-44-39(25-13-5-3-6-14-25)43-40(45-41)26-15-7-4-8-16-26/h3-24H,1-2H3. The number of fused-ring (bicyclic) bond motifs is 8. The quantitative estimate of drug-likeness (QED) is 0.190. The van der Waals surface area contributed by atoms with Crippen LogP contribution in [0.25, 0.3) is 61.7 Å². The lowest BCUT2D eigenvalue weighted by Crippen LogP contribution is -2.15. The van der Waals surface area contributed by atoms with Crippen molar-refractivity contribution in [2.45, 2.75) is 38.8 Å². The molecular formula is C42H28N4S2. The van der Waals surface area contributed by atoms with Gasteiger partial charge in [-0.25, -0.2) is 4.98 Å². The Morgan fingerprint density at radius 3 is 1.69 bits per heavy atom. The first-order valence-electron chi connectivity index (χ1n) is 16.1. The minimum absolute atomic E-state index is 0.141. The second kappa shape index (κ2) is 10.4. The molecule has 6 heteroatoms. The number of benzene rings is 6. The van der Waals surface area contributed by atoms with E-state index in [4.69, 9.17) is 15.0 Å². The molecule has 2 aliphatic rings. The van der Waals surface area contributed by atoms with E-state index >= 15 is 0 Å². The van der Waals surface area contributed by atoms with E-state index in [1.807, 2.05) is 59.9 Å². The minimum Gasteiger partial charge on any atom is -0.278 e. The normalized spacial score (nSPS) is 14.0. The zero-order valence-corrected chi connectivity index (χ0v) is 27.9. The molecule has 0 amide bonds. The average Bonchev–Trinajstić information content (AvgIpc) is 3.56. The SMILES string of the molecule is CC1(C)c2ccccc2-c2cc3c4cc5c(cc4n(-c4nc(-c6ccccc6)nc(-c6ccccc6)n4)c3cc21)Sc1ccccc1S5. The molecule has 1 aliphatic heterocycles. The molecule has 4 nitrogen and oxygen atoms in total. The van der Waals surface area contributed by atoms with Crippen LogP contribution in [0.1, 0.15) is 25.0 Å². The summed E-state index contributed by atoms with van der Waals surface area (Å²) in [6.07, 6.45) is 0. The van der Waals surface area contributed by atoms with Gasteiger partial charge in [-0.3, -0.25) is 4.57 Å². The molecule has 0 saturated carbocycles. The van der Waals surface area contributed by atoms with Gasteiger partial charge in [0.1, 0.15) is 0 Å². The van der Waals surface area contributed by atoms with Gasteiger partial charge in [-0.2, -0.15) is 9.97 Å². The molecule has 3 heterocycles. The molecule has 0 saturated heterocycles. The molecule has 2 aromatic heterocycles. The monoisotopic (exact) mass is 652 g/mol. The van der Waals surface area contributed by atoms with Crippen LogP contribution < -0.4 is 0 Å². The summed E-state index contributed by atoms with van der Waals surface area (Å²) in [6.45, 7) is 4.67. The second-order valence-corrected chi connectivity index (χ2v) is 15.1. The summed E-state index contributed by atoms with van der Waals surface area (Å²) in [4.78, 5) is 20.5. The van der Waals surface area contributed by atoms with E-state index in [0.717, 1.165) is 22.2 Å². The lowest BCUT2D eigenvalue weighted by atomic mass is 9.82. The fourth-order valence-electron chi connectivity index (χ4n) is 7.34. The smallest absolute Gasteiger partial charge is 0.238 e. The van der Waals surface area contributed by atoms with E-state index in [-0.39, 0.29) is 5.41 Å². The maximum absolute atomic E-state index is 5.22. The highest BCUT2D eigenvalue weighted by atomic mass is 32.2. The Morgan fingerprint density at radius 1 is 0.479 bits per heavy atom. The topological polar surface area (TPSA) is 43.6 Å². The van der Waals surface area contributed by atoms with Gasteiger partial charge in [0.05, 0.1) is 11.0 Å². The van der Waals surface area contributed by atoms with Crippen LogP contribution >= 0.6 is 23.5 Å². The van der Waals surface area contributed by atoms with Crippen molar-refractivity contribution in [1.82, 2.24) is 19.5 Å². The highest BCUT2D eigenvalue weighted by Gasteiger charge is 2.36. The first kappa shape index (κ1) is 27.9. The highest BCUT2D eigenvalue weighted by Crippen LogP contribution is 2.53. The number of nitrogens with zero attached hydrogens (tertiary/aromatic N) is 4. The molecule has 0 radical (unpaired) electrons. The van der Waals surface area contributed by atoms with Crippen molar-refractivity contribution in [3.05, 3.63) is 145 Å². The van der Waals surface area contributed by atoms with Crippen molar-refractivity contribution in [1.29, 1.82) is 0 Å². The van der Waals surface area contributed by atoms with Crippen LogP contribution in [0, 0.1) is 0 Å². The van der Waals surface area contributed by atoms with Crippen LogP contribution in [0.2, 0.25) is 0 Å². The van der Waals surface area contributed by atoms with Gasteiger partial charge in [0.15, 0.2) is 11.6 Å². The summed E-state index contributed by atoms with van der Waals surface area (Å²) in [7, 11) is 0. The van der Waals surface area contributed by atoms with E-state index in [9.17, 15) is 0 Å². The predicted molar refractivity (Wildman–Crippen MR) is 197 cm³/mol. The molecular weight excluding hydrogens is 625 g/mol. The summed E-state index contributed by atoms with van der Waals surface area (Å²) in [6, 6.07) is 47.5. The molecule has 0 spiro atoms. The fraction of sp³-hybridized carbons (Fsp3) is 0.0714. The molecule has 0 N–H and O–H groups in total. The fourth-order valence-corrected chi connectivity index (χ4v) is 9.62. The van der Waals surface area contributed by atoms with Gasteiger partial charge in [0, 0.05) is 46.9 Å². The third kappa shape index (κ3) is 4.16. The van der Waals surface area contributed by atoms with Crippen LogP contribution in [-0.2, 0) is 5.41 Å². The Labute approximate surface area is 286 Å². The van der Waals surface area contributed by atoms with Crippen molar-refractivity contribution in [3.63, 3.8) is 0 Å². The number of aromatic nitrogens is 4. The maximum Gasteiger partial charge on any atom is 0.238 e. The summed E-state index contributed by atoms with van der Waals surface area (Å²) >= 11 is 3.69. The van der Waals surface area contributed by atoms with E-state index in [0.29, 0.717) is 17.6 Å². The molecule has 228 valence electrons. The van der Waals surface area contributed by atoms with Crippen LogP contribution in [0.15, 0.2) is 153 Å². The number of rotatable bonds is 3. The second-order valence-electron chi connectivity index (χ2n) is 12.9. The van der Waals surface area contributed by atoms with Gasteiger partial charge in [-0.15, -0.1) is 0 Å². The molecule has 10 rings (SSSR count). The first-order chi connectivity index (χ1) is 23.5. The Balaban J connectivity index is 1.30. The van der Waals surface area contributed by atoms with Crippen molar-refractivity contribution in [2.24, 2.45) is 0 Å². The third-order valence-corrected chi connectivity index (χ3v) is 12.2. The molecule has 0 bridgehead atoms. The zero-order chi connectivity index (χ0) is 32.0. The third-order valence-electron chi connectivity index (χ3n) is 9.71. The van der Waals surface area contributed by atoms with Gasteiger partial charge in [-0.1, -0.05) is 134 Å². The van der Waals surface area contributed by atoms with Gasteiger partial charge >= 0.3 is 0 Å². The van der Waals surface area contributed by atoms with Gasteiger partial charge in [0.2, 0.25) is 5.95 Å². The zero-order valence-electron chi connectivity index (χ0n) is 26.3. The Hall–Kier alpha value is -5.17. The maximum atomic E-state index is 5.22. The van der Waals surface area contributed by atoms with Crippen molar-refractivity contribution in [3.8, 4) is 39.9 Å². The number of hydrogen-bond acceptors (Lipinski definition) is 5. The van der Waals surface area contributed by atoms with Crippen LogP contribution in [0.5, 0.6) is 0 Å². The van der Waals surface area contributed by atoms with Crippen molar-refractivity contribution < 1.29 is 0 Å². The lowest BCUT2D eigenvalue weighted by Gasteiger charge is -2.21. The van der Waals surface area contributed by atoms with E-state index in [2.05, 4.69) is 115 Å². The minimum atomic E-state index is -0.141. The van der Waals surface area contributed by atoms with Crippen LogP contribution in [0.3, 0.4) is 0 Å². The molecule has 0 fully saturated rings. The van der Waals surface area contributed by atoms with Gasteiger partial charge < -0.3 is 0 Å². The van der Waals surface area contributed by atoms with Gasteiger partial charge in [0.25, 0.3) is 0 Å². The molecule has 6 aromatic carbocycles. The summed E-state index contributed by atoms with van der Waals surface area (Å²) in [5.74, 6) is 1.92.